The van der Waals surface area contributed by atoms with Gasteiger partial charge in [0.2, 0.25) is 0 Å². The molecule has 0 spiro atoms. The third kappa shape index (κ3) is 8.48. The quantitative estimate of drug-likeness (QED) is 0.255. The van der Waals surface area contributed by atoms with E-state index in [1.807, 2.05) is 48.7 Å². The van der Waals surface area contributed by atoms with Crippen molar-refractivity contribution in [2.45, 2.75) is 13.0 Å². The zero-order valence-electron chi connectivity index (χ0n) is 15.3. The number of nitrogens with one attached hydrogen (secondary N) is 2. The topological polar surface area (TPSA) is 67.8 Å². The highest BCUT2D eigenvalue weighted by molar-refractivity contribution is 14.0. The lowest BCUT2D eigenvalue weighted by Crippen LogP contribution is -2.37. The van der Waals surface area contributed by atoms with E-state index < -0.39 is 0 Å². The van der Waals surface area contributed by atoms with Crippen molar-refractivity contribution in [3.8, 4) is 5.75 Å². The Morgan fingerprint density at radius 2 is 1.88 bits per heavy atom. The van der Waals surface area contributed by atoms with E-state index in [0.717, 1.165) is 35.9 Å². The molecule has 2 rings (SSSR count). The first-order chi connectivity index (χ1) is 12.3. The lowest BCUT2D eigenvalue weighted by molar-refractivity contribution is 0.146. The van der Waals surface area contributed by atoms with Gasteiger partial charge in [0.1, 0.15) is 12.4 Å². The summed E-state index contributed by atoms with van der Waals surface area (Å²) in [5, 5.41) is 6.60. The van der Waals surface area contributed by atoms with E-state index in [-0.39, 0.29) is 24.0 Å². The molecule has 26 heavy (non-hydrogen) atoms. The van der Waals surface area contributed by atoms with E-state index in [4.69, 9.17) is 9.47 Å². The van der Waals surface area contributed by atoms with Gasteiger partial charge in [0.05, 0.1) is 6.61 Å². The lowest BCUT2D eigenvalue weighted by atomic mass is 10.2. The van der Waals surface area contributed by atoms with Gasteiger partial charge in [-0.15, -0.1) is 24.0 Å². The highest BCUT2D eigenvalue weighted by Crippen LogP contribution is 2.11. The van der Waals surface area contributed by atoms with Gasteiger partial charge in [0.15, 0.2) is 5.96 Å². The number of methoxy groups -OCH3 is 1. The molecular weight excluding hydrogens is 443 g/mol. The number of benzene rings is 1. The van der Waals surface area contributed by atoms with Crippen LogP contribution in [0.4, 0.5) is 0 Å². The van der Waals surface area contributed by atoms with Crippen molar-refractivity contribution in [2.75, 3.05) is 33.9 Å². The van der Waals surface area contributed by atoms with Crippen LogP contribution in [0.1, 0.15) is 11.3 Å². The minimum atomic E-state index is 0. The van der Waals surface area contributed by atoms with Crippen LogP contribution in [0.5, 0.6) is 5.75 Å². The molecule has 0 saturated heterocycles. The maximum absolute atomic E-state index is 5.56. The summed E-state index contributed by atoms with van der Waals surface area (Å²) in [6, 6.07) is 13.9. The first-order valence-electron chi connectivity index (χ1n) is 8.37. The van der Waals surface area contributed by atoms with Gasteiger partial charge in [-0.25, -0.2) is 0 Å². The smallest absolute Gasteiger partial charge is 0.191 e. The number of hydrogen-bond acceptors (Lipinski definition) is 4. The van der Waals surface area contributed by atoms with Gasteiger partial charge in [-0.2, -0.15) is 0 Å². The van der Waals surface area contributed by atoms with E-state index in [2.05, 4.69) is 20.6 Å². The summed E-state index contributed by atoms with van der Waals surface area (Å²) in [5.74, 6) is 1.62. The second kappa shape index (κ2) is 13.3. The molecule has 0 atom stereocenters. The Hall–Kier alpha value is -1.87. The van der Waals surface area contributed by atoms with Crippen LogP contribution < -0.4 is 15.4 Å². The van der Waals surface area contributed by atoms with Crippen molar-refractivity contribution >= 4 is 29.9 Å². The van der Waals surface area contributed by atoms with E-state index >= 15 is 0 Å². The van der Waals surface area contributed by atoms with E-state index in [9.17, 15) is 0 Å². The van der Waals surface area contributed by atoms with E-state index in [0.29, 0.717) is 19.8 Å². The molecule has 2 N–H and O–H groups in total. The standard InChI is InChI=1S/C19H26N4O2.HI/c1-20-19(22-12-10-17-5-3-4-11-21-17)23-15-16-6-8-18(9-7-16)25-14-13-24-2;/h3-9,11H,10,12-15H2,1-2H3,(H2,20,22,23);1H. The minimum Gasteiger partial charge on any atom is -0.491 e. The zero-order chi connectivity index (χ0) is 17.7. The van der Waals surface area contributed by atoms with Crippen LogP contribution in [-0.2, 0) is 17.7 Å². The lowest BCUT2D eigenvalue weighted by Gasteiger charge is -2.12. The molecule has 7 heteroatoms. The molecule has 6 nitrogen and oxygen atoms in total. The number of aliphatic imine (C=N–C) groups is 1. The molecule has 0 bridgehead atoms. The van der Waals surface area contributed by atoms with Gasteiger partial charge in [0, 0.05) is 45.6 Å². The molecule has 2 aromatic rings. The van der Waals surface area contributed by atoms with Crippen molar-refractivity contribution in [3.05, 3.63) is 59.9 Å². The Balaban J connectivity index is 0.00000338. The summed E-state index contributed by atoms with van der Waals surface area (Å²) in [7, 11) is 3.43. The highest BCUT2D eigenvalue weighted by atomic mass is 127. The van der Waals surface area contributed by atoms with Crippen molar-refractivity contribution < 1.29 is 9.47 Å². The Morgan fingerprint density at radius 3 is 2.54 bits per heavy atom. The van der Waals surface area contributed by atoms with Gasteiger partial charge in [-0.1, -0.05) is 18.2 Å². The number of halogens is 1. The Kier molecular flexibility index (Phi) is 11.4. The average molecular weight is 470 g/mol. The molecule has 0 unspecified atom stereocenters. The number of aromatic nitrogens is 1. The maximum atomic E-state index is 5.56. The Morgan fingerprint density at radius 1 is 1.08 bits per heavy atom. The fraction of sp³-hybridized carbons (Fsp3) is 0.368. The number of guanidine groups is 1. The largest absolute Gasteiger partial charge is 0.491 e. The zero-order valence-corrected chi connectivity index (χ0v) is 17.6. The average Bonchev–Trinajstić information content (AvgIpc) is 2.66. The van der Waals surface area contributed by atoms with Crippen molar-refractivity contribution in [1.29, 1.82) is 0 Å². The van der Waals surface area contributed by atoms with E-state index in [1.165, 1.54) is 0 Å². The molecule has 1 heterocycles. The molecule has 0 fully saturated rings. The van der Waals surface area contributed by atoms with Crippen LogP contribution in [0.3, 0.4) is 0 Å². The summed E-state index contributed by atoms with van der Waals surface area (Å²) in [6.07, 6.45) is 2.67. The fourth-order valence-corrected chi connectivity index (χ4v) is 2.21. The molecule has 0 aliphatic heterocycles. The van der Waals surface area contributed by atoms with Crippen LogP contribution in [0.2, 0.25) is 0 Å². The van der Waals surface area contributed by atoms with Crippen LogP contribution in [0.15, 0.2) is 53.7 Å². The normalized spacial score (nSPS) is 10.8. The third-order valence-electron chi connectivity index (χ3n) is 3.56. The van der Waals surface area contributed by atoms with Gasteiger partial charge in [0.25, 0.3) is 0 Å². The summed E-state index contributed by atoms with van der Waals surface area (Å²) >= 11 is 0. The van der Waals surface area contributed by atoms with E-state index in [1.54, 1.807) is 14.2 Å². The number of pyridine rings is 1. The number of rotatable bonds is 9. The maximum Gasteiger partial charge on any atom is 0.191 e. The molecule has 142 valence electrons. The SMILES string of the molecule is CN=C(NCCc1ccccn1)NCc1ccc(OCCOC)cc1.I. The number of hydrogen-bond donors (Lipinski definition) is 2. The van der Waals surface area contributed by atoms with Crippen molar-refractivity contribution in [2.24, 2.45) is 4.99 Å². The molecule has 0 radical (unpaired) electrons. The molecule has 0 aliphatic rings. The summed E-state index contributed by atoms with van der Waals surface area (Å²) in [6.45, 7) is 2.62. The number of nitrogens with zero attached hydrogens (tertiary/aromatic N) is 2. The van der Waals surface area contributed by atoms with Crippen molar-refractivity contribution in [1.82, 2.24) is 15.6 Å². The van der Waals surface area contributed by atoms with Crippen LogP contribution in [0.25, 0.3) is 0 Å². The second-order valence-electron chi connectivity index (χ2n) is 5.41. The third-order valence-corrected chi connectivity index (χ3v) is 3.56. The molecule has 0 amide bonds. The van der Waals surface area contributed by atoms with Crippen LogP contribution >= 0.6 is 24.0 Å². The molecule has 0 saturated carbocycles. The van der Waals surface area contributed by atoms with Crippen LogP contribution in [-0.4, -0.2) is 44.9 Å². The van der Waals surface area contributed by atoms with Gasteiger partial charge < -0.3 is 20.1 Å². The predicted molar refractivity (Wildman–Crippen MR) is 115 cm³/mol. The number of ether oxygens (including phenoxy) is 2. The first-order valence-corrected chi connectivity index (χ1v) is 8.37. The Labute approximate surface area is 172 Å². The van der Waals surface area contributed by atoms with Crippen molar-refractivity contribution in [3.63, 3.8) is 0 Å². The summed E-state index contributed by atoms with van der Waals surface area (Å²) in [4.78, 5) is 8.55. The Bertz CT molecular complexity index is 636. The van der Waals surface area contributed by atoms with Gasteiger partial charge in [-0.05, 0) is 29.8 Å². The fourth-order valence-electron chi connectivity index (χ4n) is 2.21. The summed E-state index contributed by atoms with van der Waals surface area (Å²) < 4.78 is 10.5. The molecular formula is C19H27IN4O2. The predicted octanol–water partition coefficient (Wildman–Crippen LogP) is 2.63. The highest BCUT2D eigenvalue weighted by Gasteiger charge is 2.00. The first kappa shape index (κ1) is 22.2. The molecule has 0 aliphatic carbocycles. The van der Waals surface area contributed by atoms with Crippen LogP contribution in [0, 0.1) is 0 Å². The summed E-state index contributed by atoms with van der Waals surface area (Å²) in [5.41, 5.74) is 2.22. The molecule has 1 aromatic heterocycles. The minimum absolute atomic E-state index is 0. The van der Waals surface area contributed by atoms with Gasteiger partial charge in [-0.3, -0.25) is 9.98 Å². The second-order valence-corrected chi connectivity index (χ2v) is 5.41. The van der Waals surface area contributed by atoms with Gasteiger partial charge >= 0.3 is 0 Å². The monoisotopic (exact) mass is 470 g/mol. The molecule has 1 aromatic carbocycles.